The molecule has 0 atom stereocenters. The van der Waals surface area contributed by atoms with Gasteiger partial charge in [0.15, 0.2) is 0 Å². The van der Waals surface area contributed by atoms with Gasteiger partial charge in [-0.25, -0.2) is 9.37 Å². The number of aryl methyl sites for hydroxylation is 1. The van der Waals surface area contributed by atoms with E-state index in [9.17, 15) is 9.18 Å². The molecule has 0 radical (unpaired) electrons. The van der Waals surface area contributed by atoms with Crippen molar-refractivity contribution in [2.24, 2.45) is 0 Å². The highest BCUT2D eigenvalue weighted by Crippen LogP contribution is 2.18. The Morgan fingerprint density at radius 1 is 1.35 bits per heavy atom. The number of thiazole rings is 1. The van der Waals surface area contributed by atoms with Gasteiger partial charge < -0.3 is 4.90 Å². The van der Waals surface area contributed by atoms with Crippen molar-refractivity contribution in [2.75, 3.05) is 26.2 Å². The van der Waals surface area contributed by atoms with E-state index < -0.39 is 5.82 Å². The number of hydrogen-bond acceptors (Lipinski definition) is 4. The first-order valence-electron chi connectivity index (χ1n) is 7.40. The molecule has 1 aromatic carbocycles. The number of carbonyl (C=O) groups is 1. The van der Waals surface area contributed by atoms with Gasteiger partial charge >= 0.3 is 0 Å². The number of halogens is 2. The molecule has 0 unspecified atom stereocenters. The number of carbonyl (C=O) groups excluding carboxylic acids is 1. The fourth-order valence-corrected chi connectivity index (χ4v) is 3.41. The Balaban J connectivity index is 1.59. The monoisotopic (exact) mass is 353 g/mol. The van der Waals surface area contributed by atoms with Crippen LogP contribution in [0.5, 0.6) is 0 Å². The van der Waals surface area contributed by atoms with Gasteiger partial charge in [0.1, 0.15) is 5.82 Å². The highest BCUT2D eigenvalue weighted by atomic mass is 35.5. The molecule has 3 rings (SSSR count). The molecule has 1 aliphatic heterocycles. The van der Waals surface area contributed by atoms with E-state index in [0.717, 1.165) is 30.3 Å². The largest absolute Gasteiger partial charge is 0.336 e. The third-order valence-corrected chi connectivity index (χ3v) is 4.93. The summed E-state index contributed by atoms with van der Waals surface area (Å²) in [5.74, 6) is -0.841. The second kappa shape index (κ2) is 6.95. The SMILES string of the molecule is Cc1nc(CN2CCN(C(=O)c3ccc(Cl)cc3F)CC2)cs1. The van der Waals surface area contributed by atoms with Crippen molar-refractivity contribution in [2.45, 2.75) is 13.5 Å². The van der Waals surface area contributed by atoms with Gasteiger partial charge in [0.05, 0.1) is 16.3 Å². The molecule has 0 spiro atoms. The van der Waals surface area contributed by atoms with Crippen LogP contribution in [0.1, 0.15) is 21.1 Å². The summed E-state index contributed by atoms with van der Waals surface area (Å²) in [6.45, 7) is 5.48. The van der Waals surface area contributed by atoms with Gasteiger partial charge in [-0.1, -0.05) is 11.6 Å². The molecule has 0 saturated carbocycles. The molecule has 4 nitrogen and oxygen atoms in total. The summed E-state index contributed by atoms with van der Waals surface area (Å²) in [7, 11) is 0. The summed E-state index contributed by atoms with van der Waals surface area (Å²) in [5.41, 5.74) is 1.15. The quantitative estimate of drug-likeness (QED) is 0.850. The van der Waals surface area contributed by atoms with Crippen molar-refractivity contribution in [3.63, 3.8) is 0 Å². The smallest absolute Gasteiger partial charge is 0.256 e. The van der Waals surface area contributed by atoms with Crippen molar-refractivity contribution in [1.82, 2.24) is 14.8 Å². The molecule has 0 aliphatic carbocycles. The number of rotatable bonds is 3. The second-order valence-corrected chi connectivity index (χ2v) is 7.05. The fraction of sp³-hybridized carbons (Fsp3) is 0.375. The van der Waals surface area contributed by atoms with Gasteiger partial charge in [-0.15, -0.1) is 11.3 Å². The first-order valence-corrected chi connectivity index (χ1v) is 8.66. The van der Waals surface area contributed by atoms with Crippen LogP contribution in [-0.4, -0.2) is 46.9 Å². The van der Waals surface area contributed by atoms with Crippen LogP contribution in [-0.2, 0) is 6.54 Å². The van der Waals surface area contributed by atoms with Crippen LogP contribution < -0.4 is 0 Å². The molecule has 1 fully saturated rings. The predicted octanol–water partition coefficient (Wildman–Crippen LogP) is 3.20. The highest BCUT2D eigenvalue weighted by Gasteiger charge is 2.24. The number of piperazine rings is 1. The number of hydrogen-bond donors (Lipinski definition) is 0. The normalized spacial score (nSPS) is 15.9. The maximum atomic E-state index is 13.9. The number of nitrogens with zero attached hydrogens (tertiary/aromatic N) is 3. The summed E-state index contributed by atoms with van der Waals surface area (Å²) in [4.78, 5) is 20.8. The lowest BCUT2D eigenvalue weighted by atomic mass is 10.1. The molecule has 1 aromatic heterocycles. The first kappa shape index (κ1) is 16.4. The Labute approximate surface area is 143 Å². The van der Waals surface area contributed by atoms with Gasteiger partial charge in [0, 0.05) is 43.1 Å². The van der Waals surface area contributed by atoms with Crippen LogP contribution in [0.2, 0.25) is 5.02 Å². The van der Waals surface area contributed by atoms with E-state index in [-0.39, 0.29) is 11.5 Å². The minimum absolute atomic E-state index is 0.0815. The molecule has 23 heavy (non-hydrogen) atoms. The Hall–Kier alpha value is -1.50. The third kappa shape index (κ3) is 3.88. The van der Waals surface area contributed by atoms with Crippen LogP contribution in [0, 0.1) is 12.7 Å². The fourth-order valence-electron chi connectivity index (χ4n) is 2.65. The summed E-state index contributed by atoms with van der Waals surface area (Å²) < 4.78 is 13.9. The van der Waals surface area contributed by atoms with E-state index in [1.165, 1.54) is 12.1 Å². The van der Waals surface area contributed by atoms with Gasteiger partial charge in [-0.05, 0) is 25.1 Å². The van der Waals surface area contributed by atoms with Crippen molar-refractivity contribution in [3.05, 3.63) is 50.7 Å². The molecular formula is C16H17ClFN3OS. The Morgan fingerprint density at radius 2 is 2.09 bits per heavy atom. The zero-order chi connectivity index (χ0) is 16.4. The van der Waals surface area contributed by atoms with E-state index in [1.807, 2.05) is 6.92 Å². The number of aromatic nitrogens is 1. The summed E-state index contributed by atoms with van der Waals surface area (Å²) >= 11 is 7.37. The predicted molar refractivity (Wildman–Crippen MR) is 89.4 cm³/mol. The molecule has 2 aromatic rings. The molecular weight excluding hydrogens is 337 g/mol. The van der Waals surface area contributed by atoms with Crippen LogP contribution >= 0.6 is 22.9 Å². The summed E-state index contributed by atoms with van der Waals surface area (Å²) in [5, 5.41) is 3.42. The lowest BCUT2D eigenvalue weighted by molar-refractivity contribution is 0.0623. The molecule has 122 valence electrons. The lowest BCUT2D eigenvalue weighted by Gasteiger charge is -2.34. The molecule has 1 saturated heterocycles. The molecule has 2 heterocycles. The molecule has 7 heteroatoms. The first-order chi connectivity index (χ1) is 11.0. The van der Waals surface area contributed by atoms with E-state index in [1.54, 1.807) is 22.3 Å². The Kier molecular flexibility index (Phi) is 4.94. The zero-order valence-electron chi connectivity index (χ0n) is 12.8. The van der Waals surface area contributed by atoms with Crippen LogP contribution in [0.3, 0.4) is 0 Å². The van der Waals surface area contributed by atoms with Crippen molar-refractivity contribution < 1.29 is 9.18 Å². The van der Waals surface area contributed by atoms with Gasteiger partial charge in [0.2, 0.25) is 0 Å². The average Bonchev–Trinajstić information content (AvgIpc) is 2.92. The standard InChI is InChI=1S/C16H17ClFN3OS/c1-11-19-13(10-23-11)9-20-4-6-21(7-5-20)16(22)14-3-2-12(17)8-15(14)18/h2-3,8,10H,4-7,9H2,1H3. The maximum absolute atomic E-state index is 13.9. The van der Waals surface area contributed by atoms with Crippen molar-refractivity contribution in [1.29, 1.82) is 0 Å². The number of amides is 1. The maximum Gasteiger partial charge on any atom is 0.256 e. The second-order valence-electron chi connectivity index (χ2n) is 5.55. The van der Waals surface area contributed by atoms with E-state index in [2.05, 4.69) is 15.3 Å². The zero-order valence-corrected chi connectivity index (χ0v) is 14.3. The summed E-state index contributed by atoms with van der Waals surface area (Å²) in [6, 6.07) is 4.17. The molecule has 0 bridgehead atoms. The van der Waals surface area contributed by atoms with E-state index in [4.69, 9.17) is 11.6 Å². The Bertz CT molecular complexity index is 713. The molecule has 1 aliphatic rings. The molecule has 0 N–H and O–H groups in total. The van der Waals surface area contributed by atoms with Crippen LogP contribution in [0.4, 0.5) is 4.39 Å². The lowest BCUT2D eigenvalue weighted by Crippen LogP contribution is -2.48. The number of benzene rings is 1. The van der Waals surface area contributed by atoms with Gasteiger partial charge in [-0.3, -0.25) is 9.69 Å². The minimum Gasteiger partial charge on any atom is -0.336 e. The van der Waals surface area contributed by atoms with Gasteiger partial charge in [0.25, 0.3) is 5.91 Å². The van der Waals surface area contributed by atoms with E-state index >= 15 is 0 Å². The molecule has 1 amide bonds. The van der Waals surface area contributed by atoms with Crippen LogP contribution in [0.15, 0.2) is 23.6 Å². The topological polar surface area (TPSA) is 36.4 Å². The highest BCUT2D eigenvalue weighted by molar-refractivity contribution is 7.09. The van der Waals surface area contributed by atoms with Crippen LogP contribution in [0.25, 0.3) is 0 Å². The van der Waals surface area contributed by atoms with Crippen molar-refractivity contribution in [3.8, 4) is 0 Å². The summed E-state index contributed by atoms with van der Waals surface area (Å²) in [6.07, 6.45) is 0. The minimum atomic E-state index is -0.567. The van der Waals surface area contributed by atoms with Crippen molar-refractivity contribution >= 4 is 28.8 Å². The van der Waals surface area contributed by atoms with Gasteiger partial charge in [-0.2, -0.15) is 0 Å². The third-order valence-electron chi connectivity index (χ3n) is 3.87. The van der Waals surface area contributed by atoms with E-state index in [0.29, 0.717) is 18.1 Å². The average molecular weight is 354 g/mol. The Morgan fingerprint density at radius 3 is 2.70 bits per heavy atom.